The Morgan fingerprint density at radius 1 is 1.25 bits per heavy atom. The van der Waals surface area contributed by atoms with Crippen LogP contribution >= 0.6 is 23.4 Å². The number of anilines is 1. The molecule has 0 bridgehead atoms. The molecule has 0 aliphatic heterocycles. The van der Waals surface area contributed by atoms with Crippen molar-refractivity contribution < 1.29 is 9.18 Å². The van der Waals surface area contributed by atoms with Gasteiger partial charge in [-0.3, -0.25) is 4.79 Å². The first kappa shape index (κ1) is 14.7. The van der Waals surface area contributed by atoms with Gasteiger partial charge in [-0.15, -0.1) is 11.8 Å². The van der Waals surface area contributed by atoms with E-state index in [9.17, 15) is 9.18 Å². The van der Waals surface area contributed by atoms with E-state index in [0.29, 0.717) is 22.0 Å². The third-order valence-corrected chi connectivity index (χ3v) is 4.04. The van der Waals surface area contributed by atoms with Crippen LogP contribution in [0.1, 0.15) is 15.9 Å². The molecule has 2 aromatic rings. The monoisotopic (exact) mass is 310 g/mol. The Bertz CT molecular complexity index is 664. The quantitative estimate of drug-likeness (QED) is 0.671. The number of hydrogen-bond acceptors (Lipinski definition) is 3. The minimum absolute atomic E-state index is 0.279. The van der Waals surface area contributed by atoms with Crippen LogP contribution in [0.15, 0.2) is 41.3 Å². The number of thioether (sulfide) groups is 1. The van der Waals surface area contributed by atoms with Crippen LogP contribution in [0, 0.1) is 5.82 Å². The number of benzene rings is 2. The molecule has 1 amide bonds. The highest BCUT2D eigenvalue weighted by Crippen LogP contribution is 2.31. The van der Waals surface area contributed by atoms with Crippen LogP contribution in [0.25, 0.3) is 0 Å². The minimum atomic E-state index is -0.585. The van der Waals surface area contributed by atoms with Crippen molar-refractivity contribution >= 4 is 35.0 Å². The number of rotatable bonds is 4. The van der Waals surface area contributed by atoms with Crippen LogP contribution in [0.4, 0.5) is 10.1 Å². The number of amides is 1. The first-order valence-electron chi connectivity index (χ1n) is 5.73. The summed E-state index contributed by atoms with van der Waals surface area (Å²) in [5, 5.41) is 0.563. The molecule has 104 valence electrons. The Hall–Kier alpha value is -1.72. The van der Waals surface area contributed by atoms with E-state index in [2.05, 4.69) is 0 Å². The molecule has 4 N–H and O–H groups in total. The van der Waals surface area contributed by atoms with E-state index in [1.165, 1.54) is 30.0 Å². The van der Waals surface area contributed by atoms with E-state index in [0.717, 1.165) is 4.90 Å². The fourth-order valence-corrected chi connectivity index (χ4v) is 2.84. The summed E-state index contributed by atoms with van der Waals surface area (Å²) < 4.78 is 13.7. The van der Waals surface area contributed by atoms with E-state index in [1.807, 2.05) is 0 Å². The van der Waals surface area contributed by atoms with Gasteiger partial charge in [0.2, 0.25) is 5.91 Å². The highest BCUT2D eigenvalue weighted by molar-refractivity contribution is 7.98. The lowest BCUT2D eigenvalue weighted by atomic mass is 10.1. The zero-order chi connectivity index (χ0) is 14.7. The first-order chi connectivity index (χ1) is 9.47. The Kier molecular flexibility index (Phi) is 4.52. The van der Waals surface area contributed by atoms with Gasteiger partial charge in [-0.1, -0.05) is 11.6 Å². The number of hydrogen-bond donors (Lipinski definition) is 2. The van der Waals surface area contributed by atoms with Gasteiger partial charge in [-0.05, 0) is 42.0 Å². The van der Waals surface area contributed by atoms with Crippen LogP contribution < -0.4 is 11.5 Å². The molecule has 2 aromatic carbocycles. The fraction of sp³-hybridized carbons (Fsp3) is 0.0714. The average Bonchev–Trinajstić information content (AvgIpc) is 2.41. The molecule has 0 fully saturated rings. The second-order valence-corrected chi connectivity index (χ2v) is 5.59. The summed E-state index contributed by atoms with van der Waals surface area (Å²) in [6.07, 6.45) is 0. The molecule has 0 unspecified atom stereocenters. The predicted molar refractivity (Wildman–Crippen MR) is 80.3 cm³/mol. The van der Waals surface area contributed by atoms with Crippen molar-refractivity contribution in [3.63, 3.8) is 0 Å². The van der Waals surface area contributed by atoms with Crippen LogP contribution in [0.2, 0.25) is 5.02 Å². The second-order valence-electron chi connectivity index (χ2n) is 4.14. The number of primary amides is 1. The van der Waals surface area contributed by atoms with Crippen LogP contribution in [-0.4, -0.2) is 5.91 Å². The molecular weight excluding hydrogens is 299 g/mol. The standard InChI is InChI=1S/C14H12ClFN2OS/c15-10-2-4-12(17)13(6-10)20-7-9-5-8(14(18)19)1-3-11(9)16/h1-6H,7,17H2,(H2,18,19). The van der Waals surface area contributed by atoms with Crippen molar-refractivity contribution in [2.75, 3.05) is 5.73 Å². The highest BCUT2D eigenvalue weighted by Gasteiger charge is 2.09. The SMILES string of the molecule is NC(=O)c1ccc(F)c(CSc2cc(Cl)ccc2N)c1. The maximum absolute atomic E-state index is 13.7. The van der Waals surface area contributed by atoms with E-state index in [1.54, 1.807) is 18.2 Å². The highest BCUT2D eigenvalue weighted by atomic mass is 35.5. The van der Waals surface area contributed by atoms with Crippen LogP contribution in [0.3, 0.4) is 0 Å². The van der Waals surface area contributed by atoms with E-state index < -0.39 is 5.91 Å². The van der Waals surface area contributed by atoms with Crippen molar-refractivity contribution in [2.24, 2.45) is 5.73 Å². The molecule has 3 nitrogen and oxygen atoms in total. The first-order valence-corrected chi connectivity index (χ1v) is 7.10. The largest absolute Gasteiger partial charge is 0.398 e. The van der Waals surface area contributed by atoms with E-state index in [-0.39, 0.29) is 11.4 Å². The molecule has 0 aromatic heterocycles. The lowest BCUT2D eigenvalue weighted by Gasteiger charge is -2.08. The number of carbonyl (C=O) groups is 1. The summed E-state index contributed by atoms with van der Waals surface area (Å²) in [4.78, 5) is 11.9. The maximum atomic E-state index is 13.7. The number of nitrogens with two attached hydrogens (primary N) is 2. The van der Waals surface area contributed by atoms with Gasteiger partial charge in [-0.25, -0.2) is 4.39 Å². The number of halogens is 2. The van der Waals surface area contributed by atoms with Gasteiger partial charge in [0.1, 0.15) is 5.82 Å². The predicted octanol–water partition coefficient (Wildman–Crippen LogP) is 3.45. The van der Waals surface area contributed by atoms with E-state index in [4.69, 9.17) is 23.1 Å². The van der Waals surface area contributed by atoms with Gasteiger partial charge < -0.3 is 11.5 Å². The van der Waals surface area contributed by atoms with Gasteiger partial charge in [0.15, 0.2) is 0 Å². The van der Waals surface area contributed by atoms with Gasteiger partial charge in [0.05, 0.1) is 0 Å². The molecule has 0 saturated heterocycles. The summed E-state index contributed by atoms with van der Waals surface area (Å²) >= 11 is 7.24. The van der Waals surface area contributed by atoms with Gasteiger partial charge in [-0.2, -0.15) is 0 Å². The molecule has 0 aliphatic carbocycles. The summed E-state index contributed by atoms with van der Waals surface area (Å²) in [6, 6.07) is 9.15. The Labute approximate surface area is 125 Å². The third-order valence-electron chi connectivity index (χ3n) is 2.69. The molecule has 0 atom stereocenters. The van der Waals surface area contributed by atoms with Crippen LogP contribution in [-0.2, 0) is 5.75 Å². The maximum Gasteiger partial charge on any atom is 0.248 e. The molecule has 20 heavy (non-hydrogen) atoms. The Balaban J connectivity index is 2.20. The van der Waals surface area contributed by atoms with Crippen molar-refractivity contribution in [2.45, 2.75) is 10.6 Å². The average molecular weight is 311 g/mol. The summed E-state index contributed by atoms with van der Waals surface area (Å²) in [7, 11) is 0. The molecule has 2 rings (SSSR count). The fourth-order valence-electron chi connectivity index (χ4n) is 1.63. The summed E-state index contributed by atoms with van der Waals surface area (Å²) in [5.41, 5.74) is 12.2. The molecular formula is C14H12ClFN2OS. The van der Waals surface area contributed by atoms with E-state index >= 15 is 0 Å². The summed E-state index contributed by atoms with van der Waals surface area (Å²) in [5.74, 6) is -0.640. The van der Waals surface area contributed by atoms with Crippen LogP contribution in [0.5, 0.6) is 0 Å². The van der Waals surface area contributed by atoms with Crippen molar-refractivity contribution in [1.82, 2.24) is 0 Å². The molecule has 0 aliphatic rings. The van der Waals surface area contributed by atoms with Gasteiger partial charge in [0, 0.05) is 26.9 Å². The zero-order valence-corrected chi connectivity index (χ0v) is 12.0. The number of nitrogen functional groups attached to an aromatic ring is 1. The summed E-state index contributed by atoms with van der Waals surface area (Å²) in [6.45, 7) is 0. The lowest BCUT2D eigenvalue weighted by molar-refractivity contribution is 0.1000. The van der Waals surface area contributed by atoms with Gasteiger partial charge in [0.25, 0.3) is 0 Å². The second kappa shape index (κ2) is 6.15. The smallest absolute Gasteiger partial charge is 0.248 e. The Morgan fingerprint density at radius 3 is 2.70 bits per heavy atom. The molecule has 0 spiro atoms. The van der Waals surface area contributed by atoms with Crippen molar-refractivity contribution in [1.29, 1.82) is 0 Å². The molecule has 6 heteroatoms. The number of carbonyl (C=O) groups excluding carboxylic acids is 1. The molecule has 0 heterocycles. The lowest BCUT2D eigenvalue weighted by Crippen LogP contribution is -2.11. The third kappa shape index (κ3) is 3.43. The molecule has 0 saturated carbocycles. The Morgan fingerprint density at radius 2 is 2.00 bits per heavy atom. The van der Waals surface area contributed by atoms with Crippen molar-refractivity contribution in [3.05, 3.63) is 58.4 Å². The minimum Gasteiger partial charge on any atom is -0.398 e. The normalized spacial score (nSPS) is 10.5. The van der Waals surface area contributed by atoms with Gasteiger partial charge >= 0.3 is 0 Å². The zero-order valence-electron chi connectivity index (χ0n) is 10.4. The topological polar surface area (TPSA) is 69.1 Å². The van der Waals surface area contributed by atoms with Crippen molar-refractivity contribution in [3.8, 4) is 0 Å². The molecule has 0 radical (unpaired) electrons.